The van der Waals surface area contributed by atoms with Gasteiger partial charge in [-0.2, -0.15) is 5.10 Å². The first-order valence-corrected chi connectivity index (χ1v) is 5.44. The second kappa shape index (κ2) is 4.74. The summed E-state index contributed by atoms with van der Waals surface area (Å²) >= 11 is 0. The van der Waals surface area contributed by atoms with Gasteiger partial charge in [0.1, 0.15) is 11.5 Å². The average Bonchev–Trinajstić information content (AvgIpc) is 2.78. The summed E-state index contributed by atoms with van der Waals surface area (Å²) in [4.78, 5) is 8.69. The van der Waals surface area contributed by atoms with Gasteiger partial charge in [0.15, 0.2) is 5.82 Å². The van der Waals surface area contributed by atoms with Crippen molar-refractivity contribution in [3.63, 3.8) is 0 Å². The monoisotopic (exact) mass is 217 g/mol. The van der Waals surface area contributed by atoms with E-state index in [1.165, 1.54) is 0 Å². The minimum Gasteiger partial charge on any atom is -0.370 e. The largest absolute Gasteiger partial charge is 0.370 e. The SMILES string of the molecule is CCNc1ccnc(-c2ccnn2CC)n1. The van der Waals surface area contributed by atoms with Gasteiger partial charge in [-0.3, -0.25) is 4.68 Å². The minimum atomic E-state index is 0.706. The van der Waals surface area contributed by atoms with E-state index in [1.807, 2.05) is 30.7 Å². The van der Waals surface area contributed by atoms with Crippen molar-refractivity contribution in [1.82, 2.24) is 19.7 Å². The van der Waals surface area contributed by atoms with Crippen molar-refractivity contribution in [3.05, 3.63) is 24.5 Å². The maximum absolute atomic E-state index is 4.43. The van der Waals surface area contributed by atoms with Gasteiger partial charge in [0.05, 0.1) is 0 Å². The third-order valence-corrected chi connectivity index (χ3v) is 2.26. The number of aromatic nitrogens is 4. The van der Waals surface area contributed by atoms with E-state index in [-0.39, 0.29) is 0 Å². The Morgan fingerprint density at radius 3 is 2.88 bits per heavy atom. The number of hydrogen-bond acceptors (Lipinski definition) is 4. The van der Waals surface area contributed by atoms with Crippen LogP contribution in [0.4, 0.5) is 5.82 Å². The smallest absolute Gasteiger partial charge is 0.179 e. The fourth-order valence-electron chi connectivity index (χ4n) is 1.54. The molecular formula is C11H15N5. The number of aryl methyl sites for hydroxylation is 1. The second-order valence-electron chi connectivity index (χ2n) is 3.33. The third-order valence-electron chi connectivity index (χ3n) is 2.26. The third kappa shape index (κ3) is 2.03. The number of nitrogens with zero attached hydrogens (tertiary/aromatic N) is 4. The normalized spacial score (nSPS) is 10.4. The van der Waals surface area contributed by atoms with Crippen LogP contribution in [0.3, 0.4) is 0 Å². The minimum absolute atomic E-state index is 0.706. The summed E-state index contributed by atoms with van der Waals surface area (Å²) in [5, 5.41) is 7.37. The molecule has 0 spiro atoms. The Hall–Kier alpha value is -1.91. The van der Waals surface area contributed by atoms with Crippen LogP contribution in [0.15, 0.2) is 24.5 Å². The molecule has 0 unspecified atom stereocenters. The molecule has 1 N–H and O–H groups in total. The molecule has 2 rings (SSSR count). The number of nitrogens with one attached hydrogen (secondary N) is 1. The highest BCUT2D eigenvalue weighted by molar-refractivity contribution is 5.52. The Labute approximate surface area is 94.5 Å². The summed E-state index contributed by atoms with van der Waals surface area (Å²) in [5.41, 5.74) is 0.947. The Balaban J connectivity index is 2.36. The van der Waals surface area contributed by atoms with E-state index in [1.54, 1.807) is 12.4 Å². The zero-order valence-electron chi connectivity index (χ0n) is 9.51. The van der Waals surface area contributed by atoms with Crippen LogP contribution in [-0.2, 0) is 6.54 Å². The standard InChI is InChI=1S/C11H15N5/c1-3-12-10-6-7-13-11(15-10)9-5-8-14-16(9)4-2/h5-8H,3-4H2,1-2H3,(H,12,13,15). The summed E-state index contributed by atoms with van der Waals surface area (Å²) in [6.45, 7) is 5.75. The van der Waals surface area contributed by atoms with Crippen LogP contribution >= 0.6 is 0 Å². The molecule has 5 heteroatoms. The molecule has 0 fully saturated rings. The molecule has 0 aliphatic carbocycles. The molecule has 84 valence electrons. The molecule has 0 radical (unpaired) electrons. The first-order valence-electron chi connectivity index (χ1n) is 5.44. The van der Waals surface area contributed by atoms with Crippen LogP contribution in [-0.4, -0.2) is 26.3 Å². The van der Waals surface area contributed by atoms with Crippen LogP contribution in [0.2, 0.25) is 0 Å². The van der Waals surface area contributed by atoms with Crippen molar-refractivity contribution in [2.24, 2.45) is 0 Å². The maximum Gasteiger partial charge on any atom is 0.179 e. The first-order chi connectivity index (χ1) is 7.85. The van der Waals surface area contributed by atoms with E-state index in [0.717, 1.165) is 24.6 Å². The molecule has 0 saturated carbocycles. The van der Waals surface area contributed by atoms with E-state index < -0.39 is 0 Å². The lowest BCUT2D eigenvalue weighted by Crippen LogP contribution is -2.04. The van der Waals surface area contributed by atoms with Crippen molar-refractivity contribution < 1.29 is 0 Å². The highest BCUT2D eigenvalue weighted by Gasteiger charge is 2.07. The lowest BCUT2D eigenvalue weighted by Gasteiger charge is -2.05. The summed E-state index contributed by atoms with van der Waals surface area (Å²) in [5.74, 6) is 1.55. The van der Waals surface area contributed by atoms with E-state index in [0.29, 0.717) is 5.82 Å². The topological polar surface area (TPSA) is 55.6 Å². The molecule has 0 saturated heterocycles. The lowest BCUT2D eigenvalue weighted by molar-refractivity contribution is 0.664. The molecule has 0 aliphatic rings. The summed E-state index contributed by atoms with van der Waals surface area (Å²) < 4.78 is 1.88. The van der Waals surface area contributed by atoms with Crippen molar-refractivity contribution >= 4 is 5.82 Å². The Kier molecular flexibility index (Phi) is 3.14. The van der Waals surface area contributed by atoms with E-state index in [9.17, 15) is 0 Å². The van der Waals surface area contributed by atoms with Crippen LogP contribution in [0.25, 0.3) is 11.5 Å². The molecular weight excluding hydrogens is 202 g/mol. The molecule has 0 atom stereocenters. The molecule has 2 heterocycles. The number of anilines is 1. The van der Waals surface area contributed by atoms with E-state index in [2.05, 4.69) is 20.4 Å². The van der Waals surface area contributed by atoms with Gasteiger partial charge in [-0.15, -0.1) is 0 Å². The molecule has 5 nitrogen and oxygen atoms in total. The van der Waals surface area contributed by atoms with Gasteiger partial charge < -0.3 is 5.32 Å². The summed E-state index contributed by atoms with van der Waals surface area (Å²) in [6.07, 6.45) is 3.52. The summed E-state index contributed by atoms with van der Waals surface area (Å²) in [7, 11) is 0. The zero-order valence-corrected chi connectivity index (χ0v) is 9.51. The Morgan fingerprint density at radius 2 is 2.12 bits per heavy atom. The van der Waals surface area contributed by atoms with Crippen molar-refractivity contribution in [2.75, 3.05) is 11.9 Å². The fraction of sp³-hybridized carbons (Fsp3) is 0.364. The molecule has 2 aromatic rings. The molecule has 0 aromatic carbocycles. The van der Waals surface area contributed by atoms with Crippen molar-refractivity contribution in [1.29, 1.82) is 0 Å². The fourth-order valence-corrected chi connectivity index (χ4v) is 1.54. The average molecular weight is 217 g/mol. The van der Waals surface area contributed by atoms with Gasteiger partial charge in [-0.25, -0.2) is 9.97 Å². The van der Waals surface area contributed by atoms with Gasteiger partial charge in [0.25, 0.3) is 0 Å². The van der Waals surface area contributed by atoms with Crippen LogP contribution in [0, 0.1) is 0 Å². The predicted molar refractivity (Wildman–Crippen MR) is 63.1 cm³/mol. The number of rotatable bonds is 4. The van der Waals surface area contributed by atoms with Crippen molar-refractivity contribution in [2.45, 2.75) is 20.4 Å². The molecule has 16 heavy (non-hydrogen) atoms. The quantitative estimate of drug-likeness (QED) is 0.848. The van der Waals surface area contributed by atoms with Gasteiger partial charge in [0.2, 0.25) is 0 Å². The number of hydrogen-bond donors (Lipinski definition) is 1. The lowest BCUT2D eigenvalue weighted by atomic mass is 10.4. The van der Waals surface area contributed by atoms with Crippen LogP contribution in [0.1, 0.15) is 13.8 Å². The van der Waals surface area contributed by atoms with E-state index in [4.69, 9.17) is 0 Å². The zero-order chi connectivity index (χ0) is 11.4. The van der Waals surface area contributed by atoms with Crippen LogP contribution < -0.4 is 5.32 Å². The van der Waals surface area contributed by atoms with Gasteiger partial charge in [-0.1, -0.05) is 0 Å². The first kappa shape index (κ1) is 10.6. The molecule has 0 aliphatic heterocycles. The van der Waals surface area contributed by atoms with Crippen LogP contribution in [0.5, 0.6) is 0 Å². The molecule has 2 aromatic heterocycles. The van der Waals surface area contributed by atoms with Crippen molar-refractivity contribution in [3.8, 4) is 11.5 Å². The highest BCUT2D eigenvalue weighted by Crippen LogP contribution is 2.15. The second-order valence-corrected chi connectivity index (χ2v) is 3.33. The van der Waals surface area contributed by atoms with Gasteiger partial charge >= 0.3 is 0 Å². The van der Waals surface area contributed by atoms with Gasteiger partial charge in [0, 0.05) is 25.5 Å². The Bertz CT molecular complexity index is 463. The van der Waals surface area contributed by atoms with Gasteiger partial charge in [-0.05, 0) is 26.0 Å². The van der Waals surface area contributed by atoms with E-state index >= 15 is 0 Å². The molecule has 0 bridgehead atoms. The predicted octanol–water partition coefficient (Wildman–Crippen LogP) is 1.79. The maximum atomic E-state index is 4.43. The highest BCUT2D eigenvalue weighted by atomic mass is 15.3. The molecule has 0 amide bonds. The summed E-state index contributed by atoms with van der Waals surface area (Å²) in [6, 6.07) is 3.79. The Morgan fingerprint density at radius 1 is 1.25 bits per heavy atom.